The zero-order valence-corrected chi connectivity index (χ0v) is 18.7. The molecule has 11 heteroatoms. The van der Waals surface area contributed by atoms with Gasteiger partial charge in [0, 0.05) is 43.4 Å². The van der Waals surface area contributed by atoms with Gasteiger partial charge < -0.3 is 10.1 Å². The lowest BCUT2D eigenvalue weighted by molar-refractivity contribution is 0.101. The maximum absolute atomic E-state index is 6.00. The molecule has 0 saturated carbocycles. The highest BCUT2D eigenvalue weighted by Gasteiger charge is 2.17. The first-order chi connectivity index (χ1) is 16.1. The van der Waals surface area contributed by atoms with Crippen LogP contribution < -0.4 is 5.32 Å². The minimum atomic E-state index is -0.196. The SMILES string of the molecule is CO[C@@H](Cc1nnc2cc(-c3ccnc(Nc4ccnn4C)n3)cnn12)c1ccc(Cl)cc1. The third-order valence-electron chi connectivity index (χ3n) is 5.23. The zero-order valence-electron chi connectivity index (χ0n) is 17.9. The molecular formula is C22H20ClN9O. The zero-order chi connectivity index (χ0) is 22.8. The molecule has 0 aliphatic rings. The number of aryl methyl sites for hydroxylation is 1. The fourth-order valence-corrected chi connectivity index (χ4v) is 3.60. The lowest BCUT2D eigenvalue weighted by atomic mass is 10.1. The fourth-order valence-electron chi connectivity index (χ4n) is 3.48. The van der Waals surface area contributed by atoms with Gasteiger partial charge in [0.1, 0.15) is 5.82 Å². The number of fused-ring (bicyclic) bond motifs is 1. The van der Waals surface area contributed by atoms with E-state index in [1.807, 2.05) is 49.5 Å². The maximum Gasteiger partial charge on any atom is 0.228 e. The number of anilines is 2. The van der Waals surface area contributed by atoms with E-state index in [4.69, 9.17) is 16.3 Å². The topological polar surface area (TPSA) is 108 Å². The number of nitrogens with one attached hydrogen (secondary N) is 1. The Morgan fingerprint density at radius 1 is 1.06 bits per heavy atom. The Kier molecular flexibility index (Phi) is 5.68. The molecule has 0 fully saturated rings. The first-order valence-electron chi connectivity index (χ1n) is 10.2. The van der Waals surface area contributed by atoms with Crippen LogP contribution in [0.2, 0.25) is 5.02 Å². The van der Waals surface area contributed by atoms with E-state index in [1.165, 1.54) is 0 Å². The first kappa shape index (κ1) is 21.0. The molecule has 0 unspecified atom stereocenters. The molecule has 4 heterocycles. The molecule has 0 saturated heterocycles. The molecule has 0 aliphatic heterocycles. The molecule has 1 atom stereocenters. The molecule has 5 rings (SSSR count). The van der Waals surface area contributed by atoms with Crippen LogP contribution in [-0.4, -0.2) is 46.7 Å². The molecule has 10 nitrogen and oxygen atoms in total. The Morgan fingerprint density at radius 3 is 2.67 bits per heavy atom. The highest BCUT2D eigenvalue weighted by molar-refractivity contribution is 6.30. The van der Waals surface area contributed by atoms with Crippen molar-refractivity contribution in [2.24, 2.45) is 7.05 Å². The predicted molar refractivity (Wildman–Crippen MR) is 123 cm³/mol. The van der Waals surface area contributed by atoms with Crippen molar-refractivity contribution in [2.75, 3.05) is 12.4 Å². The second-order valence-corrected chi connectivity index (χ2v) is 7.78. The summed E-state index contributed by atoms with van der Waals surface area (Å²) in [6.45, 7) is 0. The van der Waals surface area contributed by atoms with Crippen LogP contribution in [0.4, 0.5) is 11.8 Å². The van der Waals surface area contributed by atoms with Crippen LogP contribution in [0.1, 0.15) is 17.5 Å². The smallest absolute Gasteiger partial charge is 0.228 e. The maximum atomic E-state index is 6.00. The molecule has 1 N–H and O–H groups in total. The van der Waals surface area contributed by atoms with Gasteiger partial charge >= 0.3 is 0 Å². The molecule has 0 radical (unpaired) electrons. The van der Waals surface area contributed by atoms with E-state index in [9.17, 15) is 0 Å². The minimum absolute atomic E-state index is 0.196. The lowest BCUT2D eigenvalue weighted by Crippen LogP contribution is -2.09. The summed E-state index contributed by atoms with van der Waals surface area (Å²) in [6, 6.07) is 13.1. The third-order valence-corrected chi connectivity index (χ3v) is 5.48. The quantitative estimate of drug-likeness (QED) is 0.391. The van der Waals surface area contributed by atoms with E-state index >= 15 is 0 Å². The molecule has 1 aromatic carbocycles. The summed E-state index contributed by atoms with van der Waals surface area (Å²) >= 11 is 6.00. The van der Waals surface area contributed by atoms with Crippen LogP contribution in [0.15, 0.2) is 61.1 Å². The second kappa shape index (κ2) is 8.93. The second-order valence-electron chi connectivity index (χ2n) is 7.34. The van der Waals surface area contributed by atoms with Crippen molar-refractivity contribution < 1.29 is 4.74 Å². The Bertz CT molecular complexity index is 1400. The van der Waals surface area contributed by atoms with Crippen molar-refractivity contribution in [1.29, 1.82) is 0 Å². The Labute approximate surface area is 194 Å². The summed E-state index contributed by atoms with van der Waals surface area (Å²) in [4.78, 5) is 8.87. The van der Waals surface area contributed by atoms with E-state index < -0.39 is 0 Å². The van der Waals surface area contributed by atoms with Gasteiger partial charge in [0.05, 0.1) is 24.2 Å². The summed E-state index contributed by atoms with van der Waals surface area (Å²) < 4.78 is 9.09. The van der Waals surface area contributed by atoms with Crippen molar-refractivity contribution in [3.63, 3.8) is 0 Å². The van der Waals surface area contributed by atoms with Crippen LogP contribution in [0.3, 0.4) is 0 Å². The number of rotatable bonds is 7. The molecule has 33 heavy (non-hydrogen) atoms. The van der Waals surface area contributed by atoms with Crippen LogP contribution in [0.25, 0.3) is 16.9 Å². The van der Waals surface area contributed by atoms with Crippen molar-refractivity contribution in [2.45, 2.75) is 12.5 Å². The number of ether oxygens (including phenoxy) is 1. The van der Waals surface area contributed by atoms with E-state index in [0.29, 0.717) is 34.6 Å². The van der Waals surface area contributed by atoms with Crippen LogP contribution in [0, 0.1) is 0 Å². The summed E-state index contributed by atoms with van der Waals surface area (Å²) in [5.74, 6) is 1.94. The average Bonchev–Trinajstić information content (AvgIpc) is 3.43. The number of methoxy groups -OCH3 is 1. The molecule has 0 amide bonds. The van der Waals surface area contributed by atoms with Gasteiger partial charge in [0.15, 0.2) is 11.5 Å². The van der Waals surface area contributed by atoms with Gasteiger partial charge in [-0.25, -0.2) is 9.97 Å². The number of aromatic nitrogens is 8. The molecule has 4 aromatic heterocycles. The highest BCUT2D eigenvalue weighted by atomic mass is 35.5. The van der Waals surface area contributed by atoms with Crippen LogP contribution >= 0.6 is 11.6 Å². The summed E-state index contributed by atoms with van der Waals surface area (Å²) in [5, 5.41) is 21.1. The summed E-state index contributed by atoms with van der Waals surface area (Å²) in [6.07, 6.45) is 5.45. The Hall–Kier alpha value is -3.89. The van der Waals surface area contributed by atoms with Gasteiger partial charge in [-0.1, -0.05) is 23.7 Å². The molecular weight excluding hydrogens is 442 g/mol. The number of benzene rings is 1. The predicted octanol–water partition coefficient (Wildman–Crippen LogP) is 3.64. The number of hydrogen-bond acceptors (Lipinski definition) is 8. The van der Waals surface area contributed by atoms with Crippen molar-refractivity contribution in [1.82, 2.24) is 39.6 Å². The highest BCUT2D eigenvalue weighted by Crippen LogP contribution is 2.24. The third kappa shape index (κ3) is 4.38. The average molecular weight is 462 g/mol. The molecule has 0 bridgehead atoms. The number of hydrogen-bond donors (Lipinski definition) is 1. The van der Waals surface area contributed by atoms with Gasteiger partial charge in [-0.15, -0.1) is 10.2 Å². The largest absolute Gasteiger partial charge is 0.376 e. The monoisotopic (exact) mass is 461 g/mol. The van der Waals surface area contributed by atoms with Gasteiger partial charge in [0.25, 0.3) is 0 Å². The Balaban J connectivity index is 1.39. The van der Waals surface area contributed by atoms with Crippen molar-refractivity contribution in [3.8, 4) is 11.3 Å². The van der Waals surface area contributed by atoms with E-state index in [1.54, 1.807) is 34.9 Å². The van der Waals surface area contributed by atoms with Crippen molar-refractivity contribution >= 4 is 29.0 Å². The van der Waals surface area contributed by atoms with Crippen molar-refractivity contribution in [3.05, 3.63) is 77.5 Å². The number of nitrogens with zero attached hydrogens (tertiary/aromatic N) is 8. The standard InChI is InChI=1S/C22H20ClN9O/c1-31-19(8-10-25-31)28-22-24-9-7-17(27-22)15-11-20-29-30-21(32(20)26-13-15)12-18(33-2)14-3-5-16(23)6-4-14/h3-11,13,18H,12H2,1-2H3,(H,24,27,28)/t18-/m0/s1. The molecule has 166 valence electrons. The van der Waals surface area contributed by atoms with Gasteiger partial charge in [-0.05, 0) is 29.8 Å². The first-order valence-corrected chi connectivity index (χ1v) is 10.6. The van der Waals surface area contributed by atoms with Gasteiger partial charge in [-0.2, -0.15) is 14.7 Å². The normalized spacial score (nSPS) is 12.2. The summed E-state index contributed by atoms with van der Waals surface area (Å²) in [7, 11) is 3.51. The molecule has 5 aromatic rings. The fraction of sp³-hybridized carbons (Fsp3) is 0.182. The van der Waals surface area contributed by atoms with Gasteiger partial charge in [-0.3, -0.25) is 4.68 Å². The molecule has 0 aliphatic carbocycles. The van der Waals surface area contributed by atoms with Gasteiger partial charge in [0.2, 0.25) is 5.95 Å². The number of halogens is 1. The summed E-state index contributed by atoms with van der Waals surface area (Å²) in [5.41, 5.74) is 3.14. The minimum Gasteiger partial charge on any atom is -0.376 e. The lowest BCUT2D eigenvalue weighted by Gasteiger charge is -2.14. The van der Waals surface area contributed by atoms with Crippen LogP contribution in [-0.2, 0) is 18.2 Å². The van der Waals surface area contributed by atoms with E-state index in [2.05, 4.69) is 35.7 Å². The molecule has 0 spiro atoms. The van der Waals surface area contributed by atoms with Crippen LogP contribution in [0.5, 0.6) is 0 Å². The van der Waals surface area contributed by atoms with E-state index in [-0.39, 0.29) is 6.10 Å². The van der Waals surface area contributed by atoms with E-state index in [0.717, 1.165) is 16.9 Å². The Morgan fingerprint density at radius 2 is 1.91 bits per heavy atom.